The van der Waals surface area contributed by atoms with Crippen molar-refractivity contribution >= 4 is 34.1 Å². The zero-order chi connectivity index (χ0) is 11.0. The van der Waals surface area contributed by atoms with Crippen LogP contribution < -0.4 is 5.56 Å². The van der Waals surface area contributed by atoms with Crippen LogP contribution in [0.25, 0.3) is 10.9 Å². The smallest absolute Gasteiger partial charge is 0.258 e. The van der Waals surface area contributed by atoms with Crippen LogP contribution >= 0.6 is 23.2 Å². The van der Waals surface area contributed by atoms with E-state index in [2.05, 4.69) is 9.97 Å². The normalized spacial score (nSPS) is 10.9. The summed E-state index contributed by atoms with van der Waals surface area (Å²) < 4.78 is 0. The summed E-state index contributed by atoms with van der Waals surface area (Å²) in [4.78, 5) is 18.5. The predicted molar refractivity (Wildman–Crippen MR) is 61.7 cm³/mol. The van der Waals surface area contributed by atoms with E-state index >= 15 is 0 Å². The SMILES string of the molecule is Cc1c(Cl)ccc2c(=O)[nH]c(CCl)nc12. The first-order valence-electron chi connectivity index (χ1n) is 4.37. The van der Waals surface area contributed by atoms with Crippen LogP contribution in [0.3, 0.4) is 0 Å². The van der Waals surface area contributed by atoms with Gasteiger partial charge >= 0.3 is 0 Å². The number of nitrogens with zero attached hydrogens (tertiary/aromatic N) is 1. The summed E-state index contributed by atoms with van der Waals surface area (Å²) in [5, 5.41) is 1.13. The van der Waals surface area contributed by atoms with Gasteiger partial charge in [0.25, 0.3) is 5.56 Å². The Labute approximate surface area is 96.1 Å². The van der Waals surface area contributed by atoms with Gasteiger partial charge in [-0.15, -0.1) is 11.6 Å². The number of alkyl halides is 1. The van der Waals surface area contributed by atoms with Crippen molar-refractivity contribution in [1.29, 1.82) is 0 Å². The topological polar surface area (TPSA) is 45.8 Å². The number of benzene rings is 1. The lowest BCUT2D eigenvalue weighted by atomic mass is 10.1. The van der Waals surface area contributed by atoms with Crippen LogP contribution in [-0.4, -0.2) is 9.97 Å². The van der Waals surface area contributed by atoms with Gasteiger partial charge in [0.15, 0.2) is 0 Å². The van der Waals surface area contributed by atoms with Crippen LogP contribution in [0.4, 0.5) is 0 Å². The van der Waals surface area contributed by atoms with E-state index in [0.29, 0.717) is 21.7 Å². The molecule has 0 amide bonds. The zero-order valence-electron chi connectivity index (χ0n) is 7.97. The third-order valence-corrected chi connectivity index (χ3v) is 2.90. The molecule has 2 rings (SSSR count). The van der Waals surface area contributed by atoms with E-state index in [0.717, 1.165) is 5.56 Å². The van der Waals surface area contributed by atoms with Crippen molar-refractivity contribution in [2.45, 2.75) is 12.8 Å². The monoisotopic (exact) mass is 242 g/mol. The third-order valence-electron chi connectivity index (χ3n) is 2.24. The van der Waals surface area contributed by atoms with Gasteiger partial charge in [0.05, 0.1) is 16.8 Å². The zero-order valence-corrected chi connectivity index (χ0v) is 9.49. The van der Waals surface area contributed by atoms with E-state index in [1.54, 1.807) is 12.1 Å². The average molecular weight is 243 g/mol. The second-order valence-corrected chi connectivity index (χ2v) is 3.89. The van der Waals surface area contributed by atoms with Crippen LogP contribution in [0.15, 0.2) is 16.9 Å². The Morgan fingerprint density at radius 1 is 1.47 bits per heavy atom. The first-order chi connectivity index (χ1) is 7.13. The summed E-state index contributed by atoms with van der Waals surface area (Å²) in [6, 6.07) is 3.35. The summed E-state index contributed by atoms with van der Waals surface area (Å²) in [7, 11) is 0. The third kappa shape index (κ3) is 1.73. The van der Waals surface area contributed by atoms with Crippen LogP contribution in [0, 0.1) is 6.92 Å². The molecule has 0 radical (unpaired) electrons. The van der Waals surface area contributed by atoms with E-state index in [1.165, 1.54) is 0 Å². The number of hydrogen-bond acceptors (Lipinski definition) is 2. The fourth-order valence-electron chi connectivity index (χ4n) is 1.43. The van der Waals surface area contributed by atoms with Gasteiger partial charge in [-0.2, -0.15) is 0 Å². The van der Waals surface area contributed by atoms with Gasteiger partial charge in [-0.3, -0.25) is 4.79 Å². The standard InChI is InChI=1S/C10H8Cl2N2O/c1-5-7(12)3-2-6-9(5)13-8(4-11)14-10(6)15/h2-3H,4H2,1H3,(H,13,14,15). The summed E-state index contributed by atoms with van der Waals surface area (Å²) in [6.45, 7) is 1.83. The van der Waals surface area contributed by atoms with Gasteiger partial charge in [-0.25, -0.2) is 4.98 Å². The first-order valence-corrected chi connectivity index (χ1v) is 5.28. The fourth-order valence-corrected chi connectivity index (χ4v) is 1.71. The highest BCUT2D eigenvalue weighted by molar-refractivity contribution is 6.32. The number of H-pyrrole nitrogens is 1. The minimum absolute atomic E-state index is 0.178. The Kier molecular flexibility index (Phi) is 2.67. The second kappa shape index (κ2) is 3.83. The minimum Gasteiger partial charge on any atom is -0.309 e. The molecule has 0 bridgehead atoms. The maximum atomic E-state index is 11.6. The maximum absolute atomic E-state index is 11.6. The van der Waals surface area contributed by atoms with Gasteiger partial charge in [0.2, 0.25) is 0 Å². The molecule has 0 atom stereocenters. The van der Waals surface area contributed by atoms with Gasteiger partial charge in [0, 0.05) is 5.02 Å². The number of hydrogen-bond donors (Lipinski definition) is 1. The largest absolute Gasteiger partial charge is 0.309 e. The molecular weight excluding hydrogens is 235 g/mol. The maximum Gasteiger partial charge on any atom is 0.258 e. The van der Waals surface area contributed by atoms with Crippen LogP contribution in [0.5, 0.6) is 0 Å². The van der Waals surface area contributed by atoms with E-state index < -0.39 is 0 Å². The Morgan fingerprint density at radius 2 is 2.20 bits per heavy atom. The average Bonchev–Trinajstić information content (AvgIpc) is 2.23. The molecule has 3 nitrogen and oxygen atoms in total. The molecule has 0 aliphatic rings. The van der Waals surface area contributed by atoms with Crippen LogP contribution in [0.2, 0.25) is 5.02 Å². The Bertz CT molecular complexity index is 577. The van der Waals surface area contributed by atoms with Crippen molar-refractivity contribution < 1.29 is 0 Å². The quantitative estimate of drug-likeness (QED) is 0.782. The molecule has 2 aromatic rings. The minimum atomic E-state index is -0.185. The molecule has 0 saturated heterocycles. The molecule has 0 aliphatic carbocycles. The molecule has 15 heavy (non-hydrogen) atoms. The second-order valence-electron chi connectivity index (χ2n) is 3.21. The summed E-state index contributed by atoms with van der Waals surface area (Å²) in [6.07, 6.45) is 0. The van der Waals surface area contributed by atoms with E-state index in [9.17, 15) is 4.79 Å². The predicted octanol–water partition coefficient (Wildman–Crippen LogP) is 2.62. The molecular formula is C10H8Cl2N2O. The molecule has 0 saturated carbocycles. The Morgan fingerprint density at radius 3 is 2.87 bits per heavy atom. The highest BCUT2D eigenvalue weighted by Crippen LogP contribution is 2.21. The number of rotatable bonds is 1. The molecule has 0 aliphatic heterocycles. The number of nitrogens with one attached hydrogen (secondary N) is 1. The molecule has 1 N–H and O–H groups in total. The molecule has 0 unspecified atom stereocenters. The highest BCUT2D eigenvalue weighted by atomic mass is 35.5. The fraction of sp³-hybridized carbons (Fsp3) is 0.200. The number of aryl methyl sites for hydroxylation is 1. The summed E-state index contributed by atoms with van der Waals surface area (Å²) in [5.74, 6) is 0.636. The molecule has 5 heteroatoms. The van der Waals surface area contributed by atoms with Gasteiger partial charge < -0.3 is 4.98 Å². The van der Waals surface area contributed by atoms with E-state index in [4.69, 9.17) is 23.2 Å². The van der Waals surface area contributed by atoms with Gasteiger partial charge in [-0.1, -0.05) is 11.6 Å². The van der Waals surface area contributed by atoms with Crippen molar-refractivity contribution in [3.05, 3.63) is 38.9 Å². The first kappa shape index (κ1) is 10.5. The van der Waals surface area contributed by atoms with Crippen molar-refractivity contribution in [1.82, 2.24) is 9.97 Å². The number of aromatic nitrogens is 2. The Balaban J connectivity index is 2.93. The van der Waals surface area contributed by atoms with Crippen LogP contribution in [0.1, 0.15) is 11.4 Å². The van der Waals surface area contributed by atoms with E-state index in [-0.39, 0.29) is 11.4 Å². The molecule has 1 aromatic carbocycles. The van der Waals surface area contributed by atoms with Crippen molar-refractivity contribution in [2.75, 3.05) is 0 Å². The molecule has 1 heterocycles. The summed E-state index contributed by atoms with van der Waals surface area (Å²) in [5.41, 5.74) is 1.23. The molecule has 1 aromatic heterocycles. The van der Waals surface area contributed by atoms with E-state index in [1.807, 2.05) is 6.92 Å². The summed E-state index contributed by atoms with van der Waals surface area (Å²) >= 11 is 11.6. The van der Waals surface area contributed by atoms with Crippen LogP contribution in [-0.2, 0) is 5.88 Å². The lowest BCUT2D eigenvalue weighted by Crippen LogP contribution is -2.11. The Hall–Kier alpha value is -1.06. The van der Waals surface area contributed by atoms with Crippen molar-refractivity contribution in [3.8, 4) is 0 Å². The molecule has 78 valence electrons. The van der Waals surface area contributed by atoms with Gasteiger partial charge in [-0.05, 0) is 24.6 Å². The highest BCUT2D eigenvalue weighted by Gasteiger charge is 2.07. The molecule has 0 spiro atoms. The number of aromatic amines is 1. The number of fused-ring (bicyclic) bond motifs is 1. The van der Waals surface area contributed by atoms with Gasteiger partial charge in [0.1, 0.15) is 5.82 Å². The lowest BCUT2D eigenvalue weighted by Gasteiger charge is -2.04. The molecule has 0 fully saturated rings. The lowest BCUT2D eigenvalue weighted by molar-refractivity contribution is 1.03. The number of halogens is 2. The van der Waals surface area contributed by atoms with Crippen molar-refractivity contribution in [2.24, 2.45) is 0 Å². The van der Waals surface area contributed by atoms with Crippen molar-refractivity contribution in [3.63, 3.8) is 0 Å².